The number of aliphatic hydroxyl groups is 2. The zero-order chi connectivity index (χ0) is 15.3. The molecule has 0 aliphatic rings. The zero-order valence-corrected chi connectivity index (χ0v) is 10.5. The van der Waals surface area contributed by atoms with Crippen molar-refractivity contribution in [3.05, 3.63) is 39.4 Å². The first-order valence-electron chi connectivity index (χ1n) is 5.52. The predicted molar refractivity (Wildman–Crippen MR) is 65.4 cm³/mol. The molecule has 0 saturated heterocycles. The number of nitro groups is 1. The average Bonchev–Trinajstić information content (AvgIpc) is 2.45. The Balaban J connectivity index is 3.04. The number of aliphatic hydroxyl groups excluding tert-OH is 2. The summed E-state index contributed by atoms with van der Waals surface area (Å²) in [6.07, 6.45) is -3.46. The molecule has 0 radical (unpaired) electrons. The SMILES string of the molecule is COC(=O)CC(O)C(O)c1ccc([N+](=O)[O-])cc1C#N. The molecule has 2 unspecified atom stereocenters. The molecule has 0 fully saturated rings. The number of carbonyl (C=O) groups excluding carboxylic acids is 1. The maximum absolute atomic E-state index is 11.0. The summed E-state index contributed by atoms with van der Waals surface area (Å²) in [4.78, 5) is 20.9. The maximum Gasteiger partial charge on any atom is 0.308 e. The summed E-state index contributed by atoms with van der Waals surface area (Å²) in [5.41, 5.74) is -0.440. The van der Waals surface area contributed by atoms with Crippen molar-refractivity contribution < 1.29 is 24.7 Å². The molecule has 0 amide bonds. The lowest BCUT2D eigenvalue weighted by Gasteiger charge is -2.18. The summed E-state index contributed by atoms with van der Waals surface area (Å²) < 4.78 is 4.35. The Hall–Kier alpha value is -2.50. The van der Waals surface area contributed by atoms with Crippen LogP contribution in [0.25, 0.3) is 0 Å². The molecule has 2 N–H and O–H groups in total. The quantitative estimate of drug-likeness (QED) is 0.453. The maximum atomic E-state index is 11.0. The Labute approximate surface area is 114 Å². The second kappa shape index (κ2) is 6.60. The Morgan fingerprint density at radius 3 is 2.70 bits per heavy atom. The van der Waals surface area contributed by atoms with E-state index in [0.29, 0.717) is 0 Å². The summed E-state index contributed by atoms with van der Waals surface area (Å²) in [7, 11) is 1.13. The van der Waals surface area contributed by atoms with Gasteiger partial charge in [-0.05, 0) is 6.07 Å². The first-order chi connectivity index (χ1) is 9.40. The highest BCUT2D eigenvalue weighted by atomic mass is 16.6. The fraction of sp³-hybridized carbons (Fsp3) is 0.333. The molecule has 1 aromatic rings. The standard InChI is InChI=1S/C12H12N2O6/c1-20-11(16)5-10(15)12(17)9-3-2-8(14(18)19)4-7(9)6-13/h2-4,10,12,15,17H,5H2,1H3. The number of hydrogen-bond donors (Lipinski definition) is 2. The molecule has 0 aliphatic carbocycles. The van der Waals surface area contributed by atoms with Gasteiger partial charge in [0.25, 0.3) is 5.69 Å². The van der Waals surface area contributed by atoms with Crippen molar-refractivity contribution >= 4 is 11.7 Å². The van der Waals surface area contributed by atoms with Gasteiger partial charge in [0, 0.05) is 17.7 Å². The van der Waals surface area contributed by atoms with E-state index in [4.69, 9.17) is 5.26 Å². The van der Waals surface area contributed by atoms with Gasteiger partial charge >= 0.3 is 5.97 Å². The van der Waals surface area contributed by atoms with Crippen LogP contribution < -0.4 is 0 Å². The molecule has 1 aromatic carbocycles. The molecule has 1 rings (SSSR count). The first kappa shape index (κ1) is 15.6. The monoisotopic (exact) mass is 280 g/mol. The third-order valence-corrected chi connectivity index (χ3v) is 2.65. The lowest BCUT2D eigenvalue weighted by molar-refractivity contribution is -0.384. The fourth-order valence-corrected chi connectivity index (χ4v) is 1.59. The van der Waals surface area contributed by atoms with E-state index in [0.717, 1.165) is 19.2 Å². The minimum absolute atomic E-state index is 0.00880. The highest BCUT2D eigenvalue weighted by Crippen LogP contribution is 2.26. The number of hydrogen-bond acceptors (Lipinski definition) is 7. The topological polar surface area (TPSA) is 134 Å². The largest absolute Gasteiger partial charge is 0.469 e. The van der Waals surface area contributed by atoms with Crippen LogP contribution in [-0.4, -0.2) is 34.3 Å². The minimum Gasteiger partial charge on any atom is -0.469 e. The molecular weight excluding hydrogens is 268 g/mol. The van der Waals surface area contributed by atoms with Crippen molar-refractivity contribution in [2.75, 3.05) is 7.11 Å². The normalized spacial score (nSPS) is 13.1. The third-order valence-electron chi connectivity index (χ3n) is 2.65. The molecule has 0 aromatic heterocycles. The number of ether oxygens (including phenoxy) is 1. The summed E-state index contributed by atoms with van der Waals surface area (Å²) in [6.45, 7) is 0. The second-order valence-electron chi connectivity index (χ2n) is 3.93. The highest BCUT2D eigenvalue weighted by Gasteiger charge is 2.25. The van der Waals surface area contributed by atoms with Crippen LogP contribution in [0.5, 0.6) is 0 Å². The molecule has 106 valence electrons. The van der Waals surface area contributed by atoms with Gasteiger partial charge < -0.3 is 14.9 Å². The van der Waals surface area contributed by atoms with Crippen molar-refractivity contribution in [2.24, 2.45) is 0 Å². The zero-order valence-electron chi connectivity index (χ0n) is 10.5. The van der Waals surface area contributed by atoms with Crippen molar-refractivity contribution in [3.8, 4) is 6.07 Å². The van der Waals surface area contributed by atoms with Gasteiger partial charge in [0.15, 0.2) is 0 Å². The van der Waals surface area contributed by atoms with Gasteiger partial charge in [0.1, 0.15) is 6.10 Å². The Morgan fingerprint density at radius 2 is 2.20 bits per heavy atom. The Kier molecular flexibility index (Phi) is 5.14. The van der Waals surface area contributed by atoms with Crippen molar-refractivity contribution in [1.82, 2.24) is 0 Å². The lowest BCUT2D eigenvalue weighted by Crippen LogP contribution is -2.23. The number of carbonyl (C=O) groups is 1. The molecule has 0 aliphatic heterocycles. The predicted octanol–water partition coefficient (Wildman–Crippen LogP) is 0.424. The summed E-state index contributed by atoms with van der Waals surface area (Å²) in [6, 6.07) is 4.96. The number of benzene rings is 1. The lowest BCUT2D eigenvalue weighted by atomic mass is 9.97. The fourth-order valence-electron chi connectivity index (χ4n) is 1.59. The summed E-state index contributed by atoms with van der Waals surface area (Å²) >= 11 is 0. The molecule has 0 saturated carbocycles. The first-order valence-corrected chi connectivity index (χ1v) is 5.52. The average molecular weight is 280 g/mol. The van der Waals surface area contributed by atoms with Crippen molar-refractivity contribution in [3.63, 3.8) is 0 Å². The van der Waals surface area contributed by atoms with Gasteiger partial charge in [0.05, 0.1) is 36.2 Å². The van der Waals surface area contributed by atoms with Gasteiger partial charge in [0.2, 0.25) is 0 Å². The highest BCUT2D eigenvalue weighted by molar-refractivity contribution is 5.69. The van der Waals surface area contributed by atoms with Crippen LogP contribution in [0.3, 0.4) is 0 Å². The Bertz CT molecular complexity index is 566. The number of nitrogens with zero attached hydrogens (tertiary/aromatic N) is 2. The molecule has 0 heterocycles. The number of methoxy groups -OCH3 is 1. The van der Waals surface area contributed by atoms with Gasteiger partial charge in [-0.15, -0.1) is 0 Å². The van der Waals surface area contributed by atoms with E-state index in [2.05, 4.69) is 4.74 Å². The number of non-ortho nitro benzene ring substituents is 1. The van der Waals surface area contributed by atoms with E-state index in [-0.39, 0.29) is 16.8 Å². The molecule has 0 bridgehead atoms. The molecule has 20 heavy (non-hydrogen) atoms. The van der Waals surface area contributed by atoms with Crippen LogP contribution in [0.4, 0.5) is 5.69 Å². The van der Waals surface area contributed by atoms with E-state index < -0.39 is 29.5 Å². The van der Waals surface area contributed by atoms with E-state index in [1.807, 2.05) is 0 Å². The number of rotatable bonds is 5. The van der Waals surface area contributed by atoms with E-state index >= 15 is 0 Å². The molecule has 2 atom stereocenters. The second-order valence-corrected chi connectivity index (χ2v) is 3.93. The van der Waals surface area contributed by atoms with Crippen molar-refractivity contribution in [1.29, 1.82) is 5.26 Å². The van der Waals surface area contributed by atoms with Crippen LogP contribution >= 0.6 is 0 Å². The van der Waals surface area contributed by atoms with Crippen molar-refractivity contribution in [2.45, 2.75) is 18.6 Å². The van der Waals surface area contributed by atoms with Gasteiger partial charge in [-0.1, -0.05) is 0 Å². The van der Waals surface area contributed by atoms with E-state index in [1.165, 1.54) is 6.07 Å². The molecular formula is C12H12N2O6. The summed E-state index contributed by atoms with van der Waals surface area (Å²) in [5, 5.41) is 39.1. The van der Waals surface area contributed by atoms with Crippen LogP contribution in [0.1, 0.15) is 23.7 Å². The van der Waals surface area contributed by atoms with Crippen LogP contribution in [0, 0.1) is 21.4 Å². The van der Waals surface area contributed by atoms with Gasteiger partial charge in [-0.3, -0.25) is 14.9 Å². The van der Waals surface area contributed by atoms with E-state index in [9.17, 15) is 25.1 Å². The third kappa shape index (κ3) is 3.50. The van der Waals surface area contributed by atoms with Crippen LogP contribution in [-0.2, 0) is 9.53 Å². The number of nitriles is 1. The smallest absolute Gasteiger partial charge is 0.308 e. The van der Waals surface area contributed by atoms with Gasteiger partial charge in [-0.25, -0.2) is 0 Å². The van der Waals surface area contributed by atoms with Gasteiger partial charge in [-0.2, -0.15) is 5.26 Å². The van der Waals surface area contributed by atoms with Crippen LogP contribution in [0.15, 0.2) is 18.2 Å². The number of nitro benzene ring substituents is 1. The molecule has 8 nitrogen and oxygen atoms in total. The number of esters is 1. The molecule has 8 heteroatoms. The molecule has 0 spiro atoms. The van der Waals surface area contributed by atoms with Crippen LogP contribution in [0.2, 0.25) is 0 Å². The summed E-state index contributed by atoms with van der Waals surface area (Å²) in [5.74, 6) is -0.725. The minimum atomic E-state index is -1.52. The van der Waals surface area contributed by atoms with E-state index in [1.54, 1.807) is 6.07 Å². The Morgan fingerprint density at radius 1 is 1.55 bits per heavy atom.